The second-order valence-electron chi connectivity index (χ2n) is 20.3. The van der Waals surface area contributed by atoms with Gasteiger partial charge in [-0.15, -0.1) is 0 Å². The maximum atomic E-state index is 12.0. The maximum Gasteiger partial charge on any atom is 2.00 e. The van der Waals surface area contributed by atoms with Gasteiger partial charge in [-0.25, -0.2) is 9.59 Å². The summed E-state index contributed by atoms with van der Waals surface area (Å²) in [5.74, 6) is -3.98. The summed E-state index contributed by atoms with van der Waals surface area (Å²) in [6.45, 7) is 17.1. The predicted octanol–water partition coefficient (Wildman–Crippen LogP) is 18.5. The number of rotatable bonds is 46. The predicted molar refractivity (Wildman–Crippen MR) is 324 cm³/mol. The van der Waals surface area contributed by atoms with E-state index in [1.807, 2.05) is 12.2 Å². The molecule has 2 aromatic carbocycles. The minimum Gasteiger partial charge on any atom is -0.545 e. The number of unbranched alkanes of at least 4 members (excludes halogenated alkanes) is 34. The van der Waals surface area contributed by atoms with Crippen LogP contribution in [-0.4, -0.2) is 61.0 Å². The Balaban J connectivity index is -0.00000109. The van der Waals surface area contributed by atoms with Crippen LogP contribution in [0.15, 0.2) is 72.8 Å². The van der Waals surface area contributed by atoms with Crippen LogP contribution >= 0.6 is 0 Å². The number of benzene rings is 2. The average molecular weight is 1180 g/mol. The van der Waals surface area contributed by atoms with Gasteiger partial charge in [0.15, 0.2) is 0 Å². The van der Waals surface area contributed by atoms with Crippen molar-refractivity contribution >= 4 is 47.8 Å². The number of carbonyl (C=O) groups excluding carboxylic acids is 4. The van der Waals surface area contributed by atoms with Crippen molar-refractivity contribution in [1.82, 2.24) is 0 Å². The molecular formula is C68H112O8Sn. The quantitative estimate of drug-likeness (QED) is 0.0277. The number of hydrogen-bond acceptors (Lipinski definition) is 8. The normalized spacial score (nSPS) is 10.7. The molecule has 0 saturated carbocycles. The summed E-state index contributed by atoms with van der Waals surface area (Å²) in [6, 6.07) is 11.9. The Morgan fingerprint density at radius 2 is 0.571 bits per heavy atom. The molecule has 2 rings (SSSR count). The largest absolute Gasteiger partial charge is 2.00 e. The zero-order valence-corrected chi connectivity index (χ0v) is 52.7. The number of carboxylic acid groups (broad SMARTS) is 2. The third-order valence-electron chi connectivity index (χ3n) is 13.3. The van der Waals surface area contributed by atoms with Crippen LogP contribution in [-0.2, 0) is 9.47 Å². The van der Waals surface area contributed by atoms with Gasteiger partial charge < -0.3 is 29.3 Å². The minimum atomic E-state index is -1.37. The molecule has 9 heteroatoms. The van der Waals surface area contributed by atoms with Crippen molar-refractivity contribution in [3.05, 3.63) is 109 Å². The van der Waals surface area contributed by atoms with Gasteiger partial charge in [0, 0.05) is 11.1 Å². The van der Waals surface area contributed by atoms with Crippen LogP contribution in [0.3, 0.4) is 0 Å². The van der Waals surface area contributed by atoms with Crippen LogP contribution in [0.25, 0.3) is 0 Å². The first-order valence-corrected chi connectivity index (χ1v) is 31.0. The topological polar surface area (TPSA) is 133 Å². The zero-order chi connectivity index (χ0) is 56.2. The fourth-order valence-corrected chi connectivity index (χ4v) is 8.51. The number of carbonyl (C=O) groups is 4. The van der Waals surface area contributed by atoms with E-state index >= 15 is 0 Å². The summed E-state index contributed by atoms with van der Waals surface area (Å²) < 4.78 is 10.3. The second-order valence-corrected chi connectivity index (χ2v) is 20.3. The summed E-state index contributed by atoms with van der Waals surface area (Å²) in [7, 11) is 0. The van der Waals surface area contributed by atoms with Crippen molar-refractivity contribution in [2.75, 3.05) is 13.2 Å². The van der Waals surface area contributed by atoms with E-state index < -0.39 is 23.9 Å². The summed E-state index contributed by atoms with van der Waals surface area (Å²) in [6.07, 6.45) is 60.1. The second kappa shape index (κ2) is 63.4. The minimum absolute atomic E-state index is 0. The van der Waals surface area contributed by atoms with E-state index in [4.69, 9.17) is 9.47 Å². The van der Waals surface area contributed by atoms with Gasteiger partial charge in [-0.05, 0) is 50.7 Å². The van der Waals surface area contributed by atoms with Gasteiger partial charge >= 0.3 is 35.8 Å². The monoisotopic (exact) mass is 1180 g/mol. The Kier molecular flexibility index (Phi) is 64.1. The first-order chi connectivity index (χ1) is 37.2. The maximum absolute atomic E-state index is 12.0. The molecule has 0 atom stereocenters. The smallest absolute Gasteiger partial charge is 0.545 e. The summed E-state index contributed by atoms with van der Waals surface area (Å²) >= 11 is 0. The first kappa shape index (κ1) is 77.8. The van der Waals surface area contributed by atoms with Gasteiger partial charge in [-0.3, -0.25) is 0 Å². The van der Waals surface area contributed by atoms with Gasteiger partial charge in [0.1, 0.15) is 0 Å². The Hall–Kier alpha value is -3.40. The molecule has 77 heavy (non-hydrogen) atoms. The van der Waals surface area contributed by atoms with Gasteiger partial charge in [0.05, 0.1) is 36.3 Å². The van der Waals surface area contributed by atoms with Crippen molar-refractivity contribution in [2.45, 2.75) is 285 Å². The summed E-state index contributed by atoms with van der Waals surface area (Å²) in [5, 5.41) is 22.1. The number of allylic oxidation sites excluding steroid dienone is 2. The molecule has 436 valence electrons. The van der Waals surface area contributed by atoms with Crippen molar-refractivity contribution in [3.63, 3.8) is 0 Å². The third kappa shape index (κ3) is 53.0. The first-order valence-electron chi connectivity index (χ1n) is 31.0. The Bertz CT molecular complexity index is 1540. The van der Waals surface area contributed by atoms with Gasteiger partial charge in [0.2, 0.25) is 0 Å². The molecule has 0 aromatic heterocycles. The number of esters is 2. The van der Waals surface area contributed by atoms with E-state index in [9.17, 15) is 29.4 Å². The fraction of sp³-hybridized carbons (Fsp3) is 0.676. The molecule has 8 nitrogen and oxygen atoms in total. The van der Waals surface area contributed by atoms with Gasteiger partial charge in [-0.2, -0.15) is 0 Å². The van der Waals surface area contributed by atoms with Gasteiger partial charge in [0.25, 0.3) is 0 Å². The van der Waals surface area contributed by atoms with Crippen molar-refractivity contribution in [1.29, 1.82) is 0 Å². The van der Waals surface area contributed by atoms with E-state index in [1.54, 1.807) is 24.3 Å². The Morgan fingerprint density at radius 3 is 0.818 bits per heavy atom. The Morgan fingerprint density at radius 1 is 0.351 bits per heavy atom. The van der Waals surface area contributed by atoms with Crippen LogP contribution in [0.4, 0.5) is 0 Å². The van der Waals surface area contributed by atoms with Crippen LogP contribution in [0.5, 0.6) is 0 Å². The van der Waals surface area contributed by atoms with Crippen molar-refractivity contribution < 1.29 is 38.9 Å². The van der Waals surface area contributed by atoms with Crippen molar-refractivity contribution in [3.8, 4) is 0 Å². The summed E-state index contributed by atoms with van der Waals surface area (Å²) in [5.41, 5.74) is -0.189. The number of aromatic carboxylic acids is 2. The summed E-state index contributed by atoms with van der Waals surface area (Å²) in [4.78, 5) is 46.0. The zero-order valence-electron chi connectivity index (χ0n) is 49.8. The van der Waals surface area contributed by atoms with E-state index in [0.29, 0.717) is 12.8 Å². The van der Waals surface area contributed by atoms with Gasteiger partial charge in [-0.1, -0.05) is 321 Å². The molecule has 0 N–H and O–H groups in total. The number of hydrogen-bond donors (Lipinski definition) is 0. The van der Waals surface area contributed by atoms with Crippen LogP contribution < -0.4 is 10.2 Å². The molecule has 0 unspecified atom stereocenters. The standard InChI is InChI=1S/2C26H40O4.2C8H17.Sn/c2*1-2-3-4-5-6-7-8-9-10-11-12-13-14-15-16-19-22-30-26(29)24-21-18-17-20-23(24)25(27)28;2*1-3-5-7-8-6-4-2;/h2*15-18,20-21H,2-14,19,22H2,1H3,(H,27,28);2*1,3-8H2,2H3;/q;;;;+2/p-2/b2*16-15+;;;. The van der Waals surface area contributed by atoms with E-state index in [2.05, 4.69) is 53.7 Å². The molecule has 2 aromatic rings. The molecule has 0 bridgehead atoms. The SMILES string of the molecule is CCCCCCCCCCCCCC/C=C/CCOC(=O)c1ccccc1C(=O)[O-].CCCCCCCCCCCCCC/C=C/CCOC(=O)c1ccccc1C(=O)[O-].[CH2]CCCCCCC.[CH2]CCCCCCC.[Sn+2]. The number of carboxylic acids is 2. The average Bonchev–Trinajstić information content (AvgIpc) is 3.43. The molecule has 0 saturated heterocycles. The molecule has 0 amide bonds. The van der Waals surface area contributed by atoms with E-state index in [-0.39, 0.29) is 59.4 Å². The molecule has 0 aliphatic rings. The van der Waals surface area contributed by atoms with E-state index in [1.165, 1.54) is 243 Å². The molecule has 0 fully saturated rings. The van der Waals surface area contributed by atoms with Crippen molar-refractivity contribution in [2.24, 2.45) is 0 Å². The van der Waals surface area contributed by atoms with E-state index in [0.717, 1.165) is 25.7 Å². The van der Waals surface area contributed by atoms with Crippen LogP contribution in [0.2, 0.25) is 0 Å². The Labute approximate surface area is 490 Å². The van der Waals surface area contributed by atoms with Crippen LogP contribution in [0, 0.1) is 13.8 Å². The number of ether oxygens (including phenoxy) is 2. The third-order valence-corrected chi connectivity index (χ3v) is 13.3. The molecule has 0 spiro atoms. The molecule has 0 heterocycles. The molecular weight excluding hydrogens is 1060 g/mol. The molecule has 0 aliphatic carbocycles. The molecule has 4 radical (unpaired) electrons. The fourth-order valence-electron chi connectivity index (χ4n) is 8.51. The van der Waals surface area contributed by atoms with Crippen LogP contribution in [0.1, 0.15) is 326 Å². The molecule has 0 aliphatic heterocycles.